The lowest BCUT2D eigenvalue weighted by atomic mass is 9.76. The topological polar surface area (TPSA) is 81.5 Å². The van der Waals surface area contributed by atoms with Gasteiger partial charge in [-0.2, -0.15) is 5.10 Å². The van der Waals surface area contributed by atoms with Crippen LogP contribution in [-0.2, 0) is 27.3 Å². The number of hydrogen-bond acceptors (Lipinski definition) is 5. The fraction of sp³-hybridized carbons (Fsp3) is 0.440. The van der Waals surface area contributed by atoms with Crippen LogP contribution >= 0.6 is 11.6 Å². The first-order valence-corrected chi connectivity index (χ1v) is 11.5. The Balaban J connectivity index is 1.70. The molecule has 1 aromatic carbocycles. The molecule has 1 amide bonds. The Hall–Kier alpha value is -2.93. The Kier molecular flexibility index (Phi) is 8.08. The number of halogens is 1. The van der Waals surface area contributed by atoms with Crippen LogP contribution in [0.4, 0.5) is 0 Å². The van der Waals surface area contributed by atoms with Gasteiger partial charge in [-0.05, 0) is 30.9 Å². The van der Waals surface area contributed by atoms with E-state index in [2.05, 4.69) is 23.8 Å². The van der Waals surface area contributed by atoms with E-state index in [0.29, 0.717) is 12.2 Å². The van der Waals surface area contributed by atoms with Crippen molar-refractivity contribution in [1.82, 2.24) is 14.7 Å². The number of aromatic nitrogens is 2. The van der Waals surface area contributed by atoms with Gasteiger partial charge in [0.2, 0.25) is 11.4 Å². The first kappa shape index (κ1) is 24.7. The molecule has 7 nitrogen and oxygen atoms in total. The summed E-state index contributed by atoms with van der Waals surface area (Å²) in [7, 11) is 0. The first-order valence-electron chi connectivity index (χ1n) is 11.1. The van der Waals surface area contributed by atoms with Crippen LogP contribution in [0.3, 0.4) is 0 Å². The zero-order chi connectivity index (χ0) is 24.1. The average Bonchev–Trinajstić information content (AvgIpc) is 3.16. The number of ether oxygens (including phenoxy) is 1. The summed E-state index contributed by atoms with van der Waals surface area (Å²) < 4.78 is 6.81. The molecular weight excluding hydrogens is 442 g/mol. The molecule has 0 N–H and O–H groups in total. The van der Waals surface area contributed by atoms with E-state index in [0.717, 1.165) is 12.1 Å². The van der Waals surface area contributed by atoms with Gasteiger partial charge in [0.15, 0.2) is 5.78 Å². The minimum atomic E-state index is -1.28. The number of likely N-dealkylation sites (tertiary alicyclic amines) is 1. The third-order valence-corrected chi connectivity index (χ3v) is 6.32. The van der Waals surface area contributed by atoms with Crippen molar-refractivity contribution in [2.24, 2.45) is 11.8 Å². The molecule has 8 heteroatoms. The van der Waals surface area contributed by atoms with E-state index >= 15 is 0 Å². The van der Waals surface area contributed by atoms with Crippen LogP contribution < -0.4 is 0 Å². The summed E-state index contributed by atoms with van der Waals surface area (Å²) in [5.41, 5.74) is 1.15. The van der Waals surface area contributed by atoms with E-state index < -0.39 is 17.5 Å². The van der Waals surface area contributed by atoms with Crippen molar-refractivity contribution in [2.45, 2.75) is 51.7 Å². The van der Waals surface area contributed by atoms with Gasteiger partial charge >= 0.3 is 5.97 Å². The molecule has 1 unspecified atom stereocenters. The molecule has 3 rings (SSSR count). The number of rotatable bonds is 11. The van der Waals surface area contributed by atoms with E-state index in [-0.39, 0.29) is 36.6 Å². The van der Waals surface area contributed by atoms with Crippen LogP contribution in [-0.4, -0.2) is 50.5 Å². The van der Waals surface area contributed by atoms with Gasteiger partial charge < -0.3 is 9.64 Å². The molecule has 33 heavy (non-hydrogen) atoms. The monoisotopic (exact) mass is 471 g/mol. The number of ketones is 1. The number of amides is 1. The number of aryl methyl sites for hydroxylation is 3. The molecule has 1 saturated heterocycles. The zero-order valence-electron chi connectivity index (χ0n) is 19.2. The quantitative estimate of drug-likeness (QED) is 0.124. The Morgan fingerprint density at radius 2 is 1.97 bits per heavy atom. The molecule has 0 spiro atoms. The standard InChI is InChI=1S/C25H30ClN3O4/c1-5-13-33-25(32)23(26)29-20(22(16(2)3)24(29)31)15-21(30)19-14-17(4)28(27-19)12-11-18-9-7-6-8-10-18/h5-10,14,16,20,22-23H,1,11-13,15H2,2-4H3/t20-,22-,23?/m1/s1. The number of nitrogens with zero attached hydrogens (tertiary/aromatic N) is 3. The Bertz CT molecular complexity index is 1020. The number of Topliss-reactive ketones (excluding diaryl/α,β-unsaturated/α-hetero) is 1. The molecule has 2 heterocycles. The average molecular weight is 472 g/mol. The van der Waals surface area contributed by atoms with Crippen LogP contribution in [0.15, 0.2) is 49.1 Å². The normalized spacial score (nSPS) is 18.7. The van der Waals surface area contributed by atoms with Crippen LogP contribution in [0.1, 0.15) is 42.0 Å². The number of carbonyl (C=O) groups excluding carboxylic acids is 3. The molecule has 1 fully saturated rings. The number of esters is 1. The summed E-state index contributed by atoms with van der Waals surface area (Å²) in [6.45, 7) is 9.90. The molecule has 0 bridgehead atoms. The van der Waals surface area contributed by atoms with Crippen molar-refractivity contribution in [3.05, 3.63) is 66.0 Å². The fourth-order valence-electron chi connectivity index (χ4n) is 4.20. The van der Waals surface area contributed by atoms with Gasteiger partial charge in [-0.1, -0.05) is 68.4 Å². The third kappa shape index (κ3) is 5.53. The summed E-state index contributed by atoms with van der Waals surface area (Å²) in [6, 6.07) is 11.4. The highest BCUT2D eigenvalue weighted by molar-refractivity contribution is 6.31. The molecule has 0 radical (unpaired) electrons. The lowest BCUT2D eigenvalue weighted by molar-refractivity contribution is -0.169. The molecule has 3 atom stereocenters. The van der Waals surface area contributed by atoms with E-state index in [1.165, 1.54) is 16.5 Å². The minimum absolute atomic E-state index is 0.000976. The lowest BCUT2D eigenvalue weighted by Gasteiger charge is -2.50. The van der Waals surface area contributed by atoms with Crippen molar-refractivity contribution < 1.29 is 19.1 Å². The lowest BCUT2D eigenvalue weighted by Crippen LogP contribution is -2.66. The maximum absolute atomic E-state index is 13.1. The molecule has 1 aliphatic heterocycles. The van der Waals surface area contributed by atoms with E-state index in [9.17, 15) is 14.4 Å². The highest BCUT2D eigenvalue weighted by Crippen LogP contribution is 2.38. The fourth-order valence-corrected chi connectivity index (χ4v) is 4.50. The Morgan fingerprint density at radius 3 is 2.61 bits per heavy atom. The van der Waals surface area contributed by atoms with Crippen molar-refractivity contribution in [2.75, 3.05) is 6.61 Å². The van der Waals surface area contributed by atoms with Gasteiger partial charge in [0, 0.05) is 18.7 Å². The highest BCUT2D eigenvalue weighted by atomic mass is 35.5. The first-order chi connectivity index (χ1) is 15.7. The number of benzene rings is 1. The highest BCUT2D eigenvalue weighted by Gasteiger charge is 2.53. The van der Waals surface area contributed by atoms with Crippen molar-refractivity contribution >= 4 is 29.3 Å². The Labute approximate surface area is 199 Å². The molecule has 0 saturated carbocycles. The predicted molar refractivity (Wildman–Crippen MR) is 126 cm³/mol. The minimum Gasteiger partial charge on any atom is -0.459 e. The maximum Gasteiger partial charge on any atom is 0.344 e. The van der Waals surface area contributed by atoms with Crippen molar-refractivity contribution in [3.63, 3.8) is 0 Å². The summed E-state index contributed by atoms with van der Waals surface area (Å²) in [5, 5.41) is 4.50. The van der Waals surface area contributed by atoms with Gasteiger partial charge in [0.25, 0.3) is 0 Å². The van der Waals surface area contributed by atoms with Crippen LogP contribution in [0.2, 0.25) is 0 Å². The zero-order valence-corrected chi connectivity index (χ0v) is 20.0. The Morgan fingerprint density at radius 1 is 1.27 bits per heavy atom. The van der Waals surface area contributed by atoms with Crippen LogP contribution in [0, 0.1) is 18.8 Å². The van der Waals surface area contributed by atoms with Crippen LogP contribution in [0.25, 0.3) is 0 Å². The van der Waals surface area contributed by atoms with E-state index in [1.54, 1.807) is 6.07 Å². The second-order valence-corrected chi connectivity index (χ2v) is 9.01. The van der Waals surface area contributed by atoms with Crippen molar-refractivity contribution in [1.29, 1.82) is 0 Å². The van der Waals surface area contributed by atoms with Gasteiger partial charge in [-0.25, -0.2) is 4.79 Å². The second-order valence-electron chi connectivity index (χ2n) is 8.59. The van der Waals surface area contributed by atoms with Gasteiger partial charge in [-0.3, -0.25) is 14.3 Å². The molecule has 2 aromatic rings. The largest absolute Gasteiger partial charge is 0.459 e. The van der Waals surface area contributed by atoms with Gasteiger partial charge in [-0.15, -0.1) is 0 Å². The number of carbonyl (C=O) groups is 3. The summed E-state index contributed by atoms with van der Waals surface area (Å²) >= 11 is 6.25. The molecule has 1 aromatic heterocycles. The maximum atomic E-state index is 13.1. The summed E-state index contributed by atoms with van der Waals surface area (Å²) in [5.74, 6) is -1.55. The summed E-state index contributed by atoms with van der Waals surface area (Å²) in [6.07, 6.45) is 2.27. The predicted octanol–water partition coefficient (Wildman–Crippen LogP) is 3.78. The third-order valence-electron chi connectivity index (χ3n) is 5.93. The number of β-lactam (4-membered cyclic amide) rings is 1. The second kappa shape index (κ2) is 10.8. The van der Waals surface area contributed by atoms with Crippen LogP contribution in [0.5, 0.6) is 0 Å². The molecule has 176 valence electrons. The number of hydrogen-bond donors (Lipinski definition) is 0. The van der Waals surface area contributed by atoms with E-state index in [1.807, 2.05) is 43.7 Å². The smallest absolute Gasteiger partial charge is 0.344 e. The van der Waals surface area contributed by atoms with E-state index in [4.69, 9.17) is 16.3 Å². The summed E-state index contributed by atoms with van der Waals surface area (Å²) in [4.78, 5) is 39.3. The molecular formula is C25H30ClN3O4. The van der Waals surface area contributed by atoms with Gasteiger partial charge in [0.1, 0.15) is 12.3 Å². The molecule has 0 aliphatic carbocycles. The SMILES string of the molecule is C=CCOC(=O)C(Cl)N1C(=O)[C@H](C(C)C)[C@H]1CC(=O)c1cc(C)n(CCc2ccccc2)n1. The van der Waals surface area contributed by atoms with Crippen molar-refractivity contribution in [3.8, 4) is 0 Å². The van der Waals surface area contributed by atoms with Gasteiger partial charge in [0.05, 0.1) is 12.0 Å². The number of alkyl halides is 1. The molecule has 1 aliphatic rings.